The monoisotopic (exact) mass is 585 g/mol. The molecule has 3 N–H and O–H groups in total. The molecule has 5 aromatic rings. The van der Waals surface area contributed by atoms with Crippen LogP contribution >= 0.6 is 22.9 Å². The molecule has 0 saturated carbocycles. The van der Waals surface area contributed by atoms with E-state index in [4.69, 9.17) is 22.1 Å². The molecule has 1 aromatic carbocycles. The van der Waals surface area contributed by atoms with Gasteiger partial charge in [0.1, 0.15) is 21.2 Å². The number of benzene rings is 1. The second kappa shape index (κ2) is 11.0. The molecule has 4 aromatic heterocycles. The van der Waals surface area contributed by atoms with E-state index >= 15 is 0 Å². The SMILES string of the molecule is CCn1ncc(-c2cc(C(F)F)nc3sc(C(N)=O)c(NC(=O)c4ccn(COc5ccc(Cl)cc5)n4)c23)c1C. The lowest BCUT2D eigenvalue weighted by Gasteiger charge is -2.10. The molecule has 0 atom stereocenters. The Bertz CT molecular complexity index is 1730. The van der Waals surface area contributed by atoms with E-state index in [1.54, 1.807) is 48.3 Å². The fourth-order valence-corrected chi connectivity index (χ4v) is 5.31. The van der Waals surface area contributed by atoms with Crippen molar-refractivity contribution in [2.75, 3.05) is 5.32 Å². The minimum Gasteiger partial charge on any atom is -0.471 e. The molecule has 2 amide bonds. The van der Waals surface area contributed by atoms with E-state index in [0.717, 1.165) is 17.0 Å². The zero-order valence-corrected chi connectivity index (χ0v) is 22.8. The number of nitrogens with one attached hydrogen (secondary N) is 1. The first-order chi connectivity index (χ1) is 19.2. The first-order valence-electron chi connectivity index (χ1n) is 12.0. The molecule has 0 aliphatic heterocycles. The molecule has 0 unspecified atom stereocenters. The predicted octanol–water partition coefficient (Wildman–Crippen LogP) is 5.66. The topological polar surface area (TPSA) is 130 Å². The van der Waals surface area contributed by atoms with E-state index in [2.05, 4.69) is 20.5 Å². The van der Waals surface area contributed by atoms with Gasteiger partial charge in [0.25, 0.3) is 18.2 Å². The number of rotatable bonds is 9. The average molecular weight is 586 g/mol. The molecule has 0 spiro atoms. The highest BCUT2D eigenvalue weighted by atomic mass is 35.5. The third-order valence-electron chi connectivity index (χ3n) is 6.11. The van der Waals surface area contributed by atoms with E-state index in [0.29, 0.717) is 33.8 Å². The van der Waals surface area contributed by atoms with Crippen LogP contribution in [-0.4, -0.2) is 36.4 Å². The summed E-state index contributed by atoms with van der Waals surface area (Å²) in [6.07, 6.45) is 0.245. The van der Waals surface area contributed by atoms with E-state index in [1.807, 2.05) is 6.92 Å². The fraction of sp³-hybridized carbons (Fsp3) is 0.192. The van der Waals surface area contributed by atoms with Crippen LogP contribution in [0.1, 0.15) is 44.9 Å². The number of primary amides is 1. The molecule has 0 aliphatic rings. The number of nitrogens with zero attached hydrogens (tertiary/aromatic N) is 5. The minimum absolute atomic E-state index is 0.0218. The number of aryl methyl sites for hydroxylation is 1. The molecule has 40 heavy (non-hydrogen) atoms. The number of pyridine rings is 1. The van der Waals surface area contributed by atoms with Gasteiger partial charge in [-0.15, -0.1) is 11.3 Å². The maximum atomic E-state index is 13.8. The van der Waals surface area contributed by atoms with Crippen LogP contribution in [0.5, 0.6) is 5.75 Å². The maximum absolute atomic E-state index is 13.8. The third kappa shape index (κ3) is 5.25. The van der Waals surface area contributed by atoms with Crippen LogP contribution in [0.2, 0.25) is 5.02 Å². The Labute approximate surface area is 235 Å². The summed E-state index contributed by atoms with van der Waals surface area (Å²) in [5.41, 5.74) is 6.88. The van der Waals surface area contributed by atoms with Gasteiger partial charge in [-0.3, -0.25) is 14.3 Å². The Kier molecular flexibility index (Phi) is 7.50. The summed E-state index contributed by atoms with van der Waals surface area (Å²) in [6.45, 7) is 4.29. The van der Waals surface area contributed by atoms with Crippen LogP contribution in [0.3, 0.4) is 0 Å². The van der Waals surface area contributed by atoms with E-state index in [-0.39, 0.29) is 27.8 Å². The van der Waals surface area contributed by atoms with Gasteiger partial charge < -0.3 is 15.8 Å². The van der Waals surface area contributed by atoms with Crippen molar-refractivity contribution in [3.8, 4) is 16.9 Å². The van der Waals surface area contributed by atoms with Gasteiger partial charge >= 0.3 is 0 Å². The van der Waals surface area contributed by atoms with Gasteiger partial charge in [-0.1, -0.05) is 11.6 Å². The Morgan fingerprint density at radius 3 is 2.60 bits per heavy atom. The second-order valence-electron chi connectivity index (χ2n) is 8.63. The quantitative estimate of drug-likeness (QED) is 0.229. The van der Waals surface area contributed by atoms with Crippen LogP contribution in [0.4, 0.5) is 14.5 Å². The molecular formula is C26H22ClF2N7O3S. The molecule has 5 rings (SSSR count). The maximum Gasteiger partial charge on any atom is 0.280 e. The Morgan fingerprint density at radius 2 is 1.95 bits per heavy atom. The summed E-state index contributed by atoms with van der Waals surface area (Å²) < 4.78 is 36.3. The largest absolute Gasteiger partial charge is 0.471 e. The summed E-state index contributed by atoms with van der Waals surface area (Å²) in [7, 11) is 0. The number of nitrogens with two attached hydrogens (primary N) is 1. The number of carbonyl (C=O) groups excluding carboxylic acids is 2. The third-order valence-corrected chi connectivity index (χ3v) is 7.46. The molecular weight excluding hydrogens is 564 g/mol. The van der Waals surface area contributed by atoms with E-state index < -0.39 is 23.9 Å². The standard InChI is InChI=1S/C26H22ClF2N7O3S/c1-3-36-13(2)17(11-31-36)16-10-19(23(28)29)32-26-20(16)21(22(40-26)24(30)37)33-25(38)18-8-9-35(34-18)12-39-15-6-4-14(27)5-7-15/h4-11,23H,3,12H2,1-2H3,(H2,30,37)(H,33,38). The molecule has 0 saturated heterocycles. The molecule has 0 aliphatic carbocycles. The summed E-state index contributed by atoms with van der Waals surface area (Å²) in [5, 5.41) is 12.1. The highest BCUT2D eigenvalue weighted by Gasteiger charge is 2.27. The first kappa shape index (κ1) is 27.2. The number of aromatic nitrogens is 5. The molecule has 10 nitrogen and oxygen atoms in total. The number of fused-ring (bicyclic) bond motifs is 1. The van der Waals surface area contributed by atoms with Crippen molar-refractivity contribution in [2.24, 2.45) is 5.73 Å². The van der Waals surface area contributed by atoms with Crippen molar-refractivity contribution in [1.82, 2.24) is 24.5 Å². The van der Waals surface area contributed by atoms with Gasteiger partial charge in [0.05, 0.1) is 11.9 Å². The predicted molar refractivity (Wildman–Crippen MR) is 147 cm³/mol. The number of hydrogen-bond acceptors (Lipinski definition) is 7. The van der Waals surface area contributed by atoms with Crippen LogP contribution in [0.25, 0.3) is 21.3 Å². The fourth-order valence-electron chi connectivity index (χ4n) is 4.17. The van der Waals surface area contributed by atoms with Crippen LogP contribution in [0.15, 0.2) is 48.8 Å². The van der Waals surface area contributed by atoms with Crippen molar-refractivity contribution in [2.45, 2.75) is 33.5 Å². The lowest BCUT2D eigenvalue weighted by molar-refractivity contribution is 0.100. The molecule has 4 heterocycles. The number of amides is 2. The normalized spacial score (nSPS) is 11.3. The first-order valence-corrected chi connectivity index (χ1v) is 13.2. The Morgan fingerprint density at radius 1 is 1.20 bits per heavy atom. The zero-order chi connectivity index (χ0) is 28.6. The number of carbonyl (C=O) groups is 2. The van der Waals surface area contributed by atoms with E-state index in [1.165, 1.54) is 16.8 Å². The van der Waals surface area contributed by atoms with Crippen molar-refractivity contribution < 1.29 is 23.1 Å². The Balaban J connectivity index is 1.52. The van der Waals surface area contributed by atoms with Crippen LogP contribution in [-0.2, 0) is 13.3 Å². The number of hydrogen-bond donors (Lipinski definition) is 2. The summed E-state index contributed by atoms with van der Waals surface area (Å²) in [5.74, 6) is -0.922. The lowest BCUT2D eigenvalue weighted by Crippen LogP contribution is -2.18. The Hall–Kier alpha value is -4.36. The highest BCUT2D eigenvalue weighted by molar-refractivity contribution is 7.21. The van der Waals surface area contributed by atoms with Gasteiger partial charge in [0, 0.05) is 34.4 Å². The van der Waals surface area contributed by atoms with Crippen LogP contribution < -0.4 is 15.8 Å². The molecule has 14 heteroatoms. The number of ether oxygens (including phenoxy) is 1. The van der Waals surface area contributed by atoms with Gasteiger partial charge in [-0.05, 0) is 55.8 Å². The average Bonchev–Trinajstić information content (AvgIpc) is 3.65. The molecule has 0 bridgehead atoms. The van der Waals surface area contributed by atoms with Crippen molar-refractivity contribution >= 4 is 50.7 Å². The second-order valence-corrected chi connectivity index (χ2v) is 10.1. The molecule has 0 fully saturated rings. The van der Waals surface area contributed by atoms with Gasteiger partial charge in [0.2, 0.25) is 0 Å². The molecule has 206 valence electrons. The van der Waals surface area contributed by atoms with Crippen LogP contribution in [0, 0.1) is 6.92 Å². The van der Waals surface area contributed by atoms with Gasteiger partial charge in [-0.25, -0.2) is 18.4 Å². The summed E-state index contributed by atoms with van der Waals surface area (Å²) in [4.78, 5) is 29.8. The summed E-state index contributed by atoms with van der Waals surface area (Å²) >= 11 is 6.71. The van der Waals surface area contributed by atoms with E-state index in [9.17, 15) is 18.4 Å². The number of alkyl halides is 2. The summed E-state index contributed by atoms with van der Waals surface area (Å²) in [6, 6.07) is 9.48. The number of halogens is 3. The van der Waals surface area contributed by atoms with Crippen molar-refractivity contribution in [1.29, 1.82) is 0 Å². The molecule has 0 radical (unpaired) electrons. The number of anilines is 1. The zero-order valence-electron chi connectivity index (χ0n) is 21.2. The van der Waals surface area contributed by atoms with Gasteiger partial charge in [-0.2, -0.15) is 10.2 Å². The van der Waals surface area contributed by atoms with Crippen molar-refractivity contribution in [3.63, 3.8) is 0 Å². The highest BCUT2D eigenvalue weighted by Crippen LogP contribution is 2.43. The smallest absolute Gasteiger partial charge is 0.280 e. The van der Waals surface area contributed by atoms with Gasteiger partial charge in [0.15, 0.2) is 12.4 Å². The minimum atomic E-state index is -2.86. The van der Waals surface area contributed by atoms with Crippen molar-refractivity contribution in [3.05, 3.63) is 75.8 Å². The number of thiophene rings is 1. The lowest BCUT2D eigenvalue weighted by atomic mass is 10.0.